The molecule has 0 amide bonds. The maximum absolute atomic E-state index is 8.49. The maximum Gasteiger partial charge on any atom is 0.0635 e. The number of hydrogen-bond donors (Lipinski definition) is 0. The lowest BCUT2D eigenvalue weighted by Crippen LogP contribution is -2.50. The molecular formula is C10H17N3. The van der Waals surface area contributed by atoms with E-state index in [1.54, 1.807) is 0 Å². The van der Waals surface area contributed by atoms with Gasteiger partial charge in [0.15, 0.2) is 0 Å². The number of piperazine rings is 1. The van der Waals surface area contributed by atoms with Gasteiger partial charge in [0.1, 0.15) is 0 Å². The van der Waals surface area contributed by atoms with Crippen molar-refractivity contribution in [3.05, 3.63) is 12.7 Å². The summed E-state index contributed by atoms with van der Waals surface area (Å²) in [6.45, 7) is 7.88. The Morgan fingerprint density at radius 3 is 3.00 bits per heavy atom. The fourth-order valence-corrected chi connectivity index (χ4v) is 1.69. The molecule has 1 atom stereocenters. The van der Waals surface area contributed by atoms with Crippen LogP contribution in [0.4, 0.5) is 0 Å². The second-order valence-corrected chi connectivity index (χ2v) is 3.51. The van der Waals surface area contributed by atoms with Crippen molar-refractivity contribution in [3.8, 4) is 6.07 Å². The van der Waals surface area contributed by atoms with Gasteiger partial charge in [0.05, 0.1) is 6.07 Å². The van der Waals surface area contributed by atoms with Crippen LogP contribution in [-0.2, 0) is 0 Å². The Bertz CT molecular complexity index is 207. The van der Waals surface area contributed by atoms with Gasteiger partial charge in [-0.15, -0.1) is 6.58 Å². The Morgan fingerprint density at radius 1 is 1.62 bits per heavy atom. The molecule has 0 saturated carbocycles. The Kier molecular flexibility index (Phi) is 3.94. The van der Waals surface area contributed by atoms with Crippen LogP contribution in [-0.4, -0.2) is 49.1 Å². The molecule has 1 aliphatic rings. The molecule has 0 aromatic heterocycles. The highest BCUT2D eigenvalue weighted by Gasteiger charge is 2.21. The molecule has 3 nitrogen and oxygen atoms in total. The molecule has 1 heterocycles. The minimum Gasteiger partial charge on any atom is -0.303 e. The minimum absolute atomic E-state index is 0.423. The van der Waals surface area contributed by atoms with Gasteiger partial charge in [0.25, 0.3) is 0 Å². The highest BCUT2D eigenvalue weighted by Crippen LogP contribution is 2.09. The van der Waals surface area contributed by atoms with Gasteiger partial charge >= 0.3 is 0 Å². The van der Waals surface area contributed by atoms with E-state index in [2.05, 4.69) is 29.5 Å². The van der Waals surface area contributed by atoms with Crippen LogP contribution in [0, 0.1) is 11.3 Å². The second kappa shape index (κ2) is 5.00. The molecule has 1 saturated heterocycles. The first-order valence-corrected chi connectivity index (χ1v) is 4.70. The minimum atomic E-state index is 0.423. The molecule has 3 heteroatoms. The molecular weight excluding hydrogens is 162 g/mol. The highest BCUT2D eigenvalue weighted by molar-refractivity contribution is 4.93. The Hall–Kier alpha value is -0.850. The van der Waals surface area contributed by atoms with Gasteiger partial charge in [-0.1, -0.05) is 6.08 Å². The topological polar surface area (TPSA) is 30.3 Å². The van der Waals surface area contributed by atoms with Gasteiger partial charge in [-0.25, -0.2) is 0 Å². The summed E-state index contributed by atoms with van der Waals surface area (Å²) in [7, 11) is 2.12. The third kappa shape index (κ3) is 2.83. The van der Waals surface area contributed by atoms with Crippen LogP contribution in [0.3, 0.4) is 0 Å². The van der Waals surface area contributed by atoms with Crippen LogP contribution in [0.2, 0.25) is 0 Å². The number of nitriles is 1. The lowest BCUT2D eigenvalue weighted by molar-refractivity contribution is 0.118. The van der Waals surface area contributed by atoms with E-state index in [1.807, 2.05) is 6.08 Å². The van der Waals surface area contributed by atoms with Crippen molar-refractivity contribution in [1.29, 1.82) is 5.26 Å². The van der Waals surface area contributed by atoms with E-state index in [0.717, 1.165) is 26.2 Å². The smallest absolute Gasteiger partial charge is 0.0635 e. The summed E-state index contributed by atoms with van der Waals surface area (Å²) < 4.78 is 0. The first-order valence-electron chi connectivity index (χ1n) is 4.70. The van der Waals surface area contributed by atoms with Crippen molar-refractivity contribution < 1.29 is 0 Å². The molecule has 0 unspecified atom stereocenters. The molecule has 1 fully saturated rings. The molecule has 0 aliphatic carbocycles. The van der Waals surface area contributed by atoms with E-state index in [1.165, 1.54) is 0 Å². The van der Waals surface area contributed by atoms with Crippen molar-refractivity contribution in [2.45, 2.75) is 12.5 Å². The van der Waals surface area contributed by atoms with Crippen LogP contribution >= 0.6 is 0 Å². The fraction of sp³-hybridized carbons (Fsp3) is 0.700. The molecule has 13 heavy (non-hydrogen) atoms. The first-order chi connectivity index (χ1) is 6.27. The summed E-state index contributed by atoms with van der Waals surface area (Å²) in [5, 5.41) is 8.49. The van der Waals surface area contributed by atoms with Gasteiger partial charge in [0, 0.05) is 38.6 Å². The van der Waals surface area contributed by atoms with E-state index in [9.17, 15) is 0 Å². The molecule has 0 aromatic rings. The lowest BCUT2D eigenvalue weighted by Gasteiger charge is -2.38. The number of rotatable bonds is 3. The van der Waals surface area contributed by atoms with Gasteiger partial charge in [-0.3, -0.25) is 4.90 Å². The zero-order valence-corrected chi connectivity index (χ0v) is 8.24. The van der Waals surface area contributed by atoms with Crippen molar-refractivity contribution in [3.63, 3.8) is 0 Å². The quantitative estimate of drug-likeness (QED) is 0.597. The van der Waals surface area contributed by atoms with Gasteiger partial charge in [-0.05, 0) is 7.05 Å². The standard InChI is InChI=1S/C10H17N3/c1-3-10-9-12(2)7-8-13(10)6-4-5-11/h3,10H,1,4,6-9H2,2H3/t10-/m1/s1. The molecule has 0 aromatic carbocycles. The zero-order valence-electron chi connectivity index (χ0n) is 8.24. The van der Waals surface area contributed by atoms with E-state index in [4.69, 9.17) is 5.26 Å². The van der Waals surface area contributed by atoms with Gasteiger partial charge in [0.2, 0.25) is 0 Å². The fourth-order valence-electron chi connectivity index (χ4n) is 1.69. The van der Waals surface area contributed by atoms with Crippen molar-refractivity contribution >= 4 is 0 Å². The largest absolute Gasteiger partial charge is 0.303 e. The van der Waals surface area contributed by atoms with Crippen molar-refractivity contribution in [2.75, 3.05) is 33.2 Å². The summed E-state index contributed by atoms with van der Waals surface area (Å²) >= 11 is 0. The average molecular weight is 179 g/mol. The van der Waals surface area contributed by atoms with Crippen molar-refractivity contribution in [2.24, 2.45) is 0 Å². The number of hydrogen-bond acceptors (Lipinski definition) is 3. The monoisotopic (exact) mass is 179 g/mol. The maximum atomic E-state index is 8.49. The third-order valence-electron chi connectivity index (χ3n) is 2.52. The summed E-state index contributed by atoms with van der Waals surface area (Å²) in [5.74, 6) is 0. The Balaban J connectivity index is 2.43. The van der Waals surface area contributed by atoms with E-state index < -0.39 is 0 Å². The Morgan fingerprint density at radius 2 is 2.38 bits per heavy atom. The zero-order chi connectivity index (χ0) is 9.68. The lowest BCUT2D eigenvalue weighted by atomic mass is 10.1. The van der Waals surface area contributed by atoms with Gasteiger partial charge < -0.3 is 4.90 Å². The molecule has 1 rings (SSSR count). The average Bonchev–Trinajstić information content (AvgIpc) is 2.16. The van der Waals surface area contributed by atoms with Crippen LogP contribution in [0.5, 0.6) is 0 Å². The normalized spacial score (nSPS) is 25.4. The highest BCUT2D eigenvalue weighted by atomic mass is 15.3. The van der Waals surface area contributed by atoms with Crippen LogP contribution in [0.1, 0.15) is 6.42 Å². The van der Waals surface area contributed by atoms with E-state index >= 15 is 0 Å². The van der Waals surface area contributed by atoms with E-state index in [0.29, 0.717) is 12.5 Å². The van der Waals surface area contributed by atoms with Crippen LogP contribution in [0.25, 0.3) is 0 Å². The predicted octanol–water partition coefficient (Wildman–Crippen LogP) is 0.702. The molecule has 0 radical (unpaired) electrons. The number of nitrogens with zero attached hydrogens (tertiary/aromatic N) is 3. The van der Waals surface area contributed by atoms with E-state index in [-0.39, 0.29) is 0 Å². The summed E-state index contributed by atoms with van der Waals surface area (Å²) in [6.07, 6.45) is 2.60. The van der Waals surface area contributed by atoms with Crippen molar-refractivity contribution in [1.82, 2.24) is 9.80 Å². The summed E-state index contributed by atoms with van der Waals surface area (Å²) in [6, 6.07) is 2.60. The number of likely N-dealkylation sites (N-methyl/N-ethyl adjacent to an activating group) is 1. The Labute approximate surface area is 80.2 Å². The second-order valence-electron chi connectivity index (χ2n) is 3.51. The molecule has 0 bridgehead atoms. The summed E-state index contributed by atoms with van der Waals surface area (Å²) in [4.78, 5) is 4.63. The first kappa shape index (κ1) is 10.2. The predicted molar refractivity (Wildman–Crippen MR) is 53.3 cm³/mol. The van der Waals surface area contributed by atoms with Crippen LogP contribution < -0.4 is 0 Å². The molecule has 1 aliphatic heterocycles. The SMILES string of the molecule is C=C[C@@H]1CN(C)CCN1CCC#N. The third-order valence-corrected chi connectivity index (χ3v) is 2.52. The molecule has 72 valence electrons. The van der Waals surface area contributed by atoms with Crippen LogP contribution in [0.15, 0.2) is 12.7 Å². The van der Waals surface area contributed by atoms with Gasteiger partial charge in [-0.2, -0.15) is 5.26 Å². The molecule has 0 spiro atoms. The molecule has 0 N–H and O–H groups in total. The summed E-state index contributed by atoms with van der Waals surface area (Å²) in [5.41, 5.74) is 0.